The maximum absolute atomic E-state index is 6.40. The molecule has 6 heteroatoms. The first kappa shape index (κ1) is 24.7. The first-order chi connectivity index (χ1) is 18.8. The molecule has 1 spiro atoms. The third kappa shape index (κ3) is 3.95. The molecule has 4 aromatic rings. The SMILES string of the molecule is Cc1cc(C)c(C2=NOC3(ON=C(c4c(C)cc(C)cc4C)N3c3ccccc3)N2c2ccccc2)c(C)c1. The summed E-state index contributed by atoms with van der Waals surface area (Å²) in [6, 6.07) is 27.4. The fourth-order valence-electron chi connectivity index (χ4n) is 5.94. The van der Waals surface area contributed by atoms with E-state index in [0.717, 1.165) is 44.8 Å². The van der Waals surface area contributed by atoms with Crippen LogP contribution in [0.3, 0.4) is 0 Å². The topological polar surface area (TPSA) is 49.7 Å². The van der Waals surface area contributed by atoms with Crippen LogP contribution in [0.25, 0.3) is 0 Å². The Morgan fingerprint density at radius 2 is 0.846 bits per heavy atom. The third-order valence-electron chi connectivity index (χ3n) is 7.32. The van der Waals surface area contributed by atoms with Gasteiger partial charge in [0, 0.05) is 11.1 Å². The molecule has 0 saturated carbocycles. The summed E-state index contributed by atoms with van der Waals surface area (Å²) in [5, 5.41) is 9.43. The molecule has 2 aliphatic heterocycles. The van der Waals surface area contributed by atoms with E-state index in [2.05, 4.69) is 65.8 Å². The smallest absolute Gasteiger partial charge is 0.302 e. The molecule has 2 aliphatic rings. The fraction of sp³-hybridized carbons (Fsp3) is 0.212. The lowest BCUT2D eigenvalue weighted by Crippen LogP contribution is -2.61. The van der Waals surface area contributed by atoms with Crippen molar-refractivity contribution in [2.24, 2.45) is 10.3 Å². The van der Waals surface area contributed by atoms with E-state index in [-0.39, 0.29) is 0 Å². The third-order valence-corrected chi connectivity index (χ3v) is 7.32. The van der Waals surface area contributed by atoms with Gasteiger partial charge in [-0.1, -0.05) is 82.1 Å². The molecule has 0 amide bonds. The van der Waals surface area contributed by atoms with Crippen LogP contribution in [0.5, 0.6) is 0 Å². The van der Waals surface area contributed by atoms with Gasteiger partial charge in [-0.3, -0.25) is 0 Å². The lowest BCUT2D eigenvalue weighted by molar-refractivity contribution is -0.200. The molecule has 0 fully saturated rings. The van der Waals surface area contributed by atoms with E-state index in [1.807, 2.05) is 70.5 Å². The second-order valence-corrected chi connectivity index (χ2v) is 10.5. The highest BCUT2D eigenvalue weighted by Gasteiger charge is 2.61. The van der Waals surface area contributed by atoms with E-state index in [4.69, 9.17) is 20.0 Å². The Labute approximate surface area is 229 Å². The molecule has 0 aliphatic carbocycles. The predicted octanol–water partition coefficient (Wildman–Crippen LogP) is 7.25. The van der Waals surface area contributed by atoms with Crippen molar-refractivity contribution < 1.29 is 9.68 Å². The van der Waals surface area contributed by atoms with Gasteiger partial charge in [-0.05, 0) is 88.1 Å². The lowest BCUT2D eigenvalue weighted by Gasteiger charge is -2.38. The molecule has 196 valence electrons. The van der Waals surface area contributed by atoms with Crippen LogP contribution < -0.4 is 9.80 Å². The van der Waals surface area contributed by atoms with Gasteiger partial charge < -0.3 is 9.68 Å². The van der Waals surface area contributed by atoms with E-state index in [1.165, 1.54) is 11.1 Å². The number of rotatable bonds is 4. The highest BCUT2D eigenvalue weighted by atomic mass is 16.9. The molecule has 0 N–H and O–H groups in total. The number of oxime groups is 2. The monoisotopic (exact) mass is 516 g/mol. The summed E-state index contributed by atoms with van der Waals surface area (Å²) in [6.07, 6.45) is 0. The Bertz CT molecular complexity index is 1460. The van der Waals surface area contributed by atoms with Gasteiger partial charge in [0.2, 0.25) is 0 Å². The van der Waals surface area contributed by atoms with Crippen molar-refractivity contribution >= 4 is 23.0 Å². The molecular weight excluding hydrogens is 484 g/mol. The van der Waals surface area contributed by atoms with Crippen molar-refractivity contribution in [1.29, 1.82) is 0 Å². The zero-order chi connectivity index (χ0) is 27.3. The molecule has 0 aromatic heterocycles. The number of anilines is 2. The van der Waals surface area contributed by atoms with Gasteiger partial charge in [-0.15, -0.1) is 0 Å². The zero-order valence-corrected chi connectivity index (χ0v) is 23.2. The minimum atomic E-state index is -1.50. The van der Waals surface area contributed by atoms with Gasteiger partial charge >= 0.3 is 6.03 Å². The Kier molecular flexibility index (Phi) is 5.91. The van der Waals surface area contributed by atoms with Crippen molar-refractivity contribution in [3.63, 3.8) is 0 Å². The van der Waals surface area contributed by atoms with Crippen molar-refractivity contribution in [3.05, 3.63) is 129 Å². The van der Waals surface area contributed by atoms with Crippen molar-refractivity contribution in [3.8, 4) is 0 Å². The summed E-state index contributed by atoms with van der Waals surface area (Å²) in [5.41, 5.74) is 10.6. The fourth-order valence-corrected chi connectivity index (χ4v) is 5.94. The van der Waals surface area contributed by atoms with E-state index < -0.39 is 6.03 Å². The average Bonchev–Trinajstić information content (AvgIpc) is 3.45. The highest BCUT2D eigenvalue weighted by Crippen LogP contribution is 2.44. The molecule has 0 bridgehead atoms. The maximum atomic E-state index is 6.40. The number of aryl methyl sites for hydroxylation is 6. The van der Waals surface area contributed by atoms with Crippen molar-refractivity contribution in [1.82, 2.24) is 0 Å². The zero-order valence-electron chi connectivity index (χ0n) is 23.2. The Morgan fingerprint density at radius 1 is 0.513 bits per heavy atom. The normalized spacial score (nSPS) is 15.7. The summed E-state index contributed by atoms with van der Waals surface area (Å²) >= 11 is 0. The van der Waals surface area contributed by atoms with E-state index in [9.17, 15) is 0 Å². The van der Waals surface area contributed by atoms with Gasteiger partial charge in [0.15, 0.2) is 11.7 Å². The predicted molar refractivity (Wildman–Crippen MR) is 157 cm³/mol. The molecule has 6 nitrogen and oxygen atoms in total. The minimum absolute atomic E-state index is 0.672. The molecule has 2 heterocycles. The molecule has 6 rings (SSSR count). The number of amidine groups is 2. The van der Waals surface area contributed by atoms with E-state index >= 15 is 0 Å². The number of hydrogen-bond acceptors (Lipinski definition) is 6. The van der Waals surface area contributed by atoms with E-state index in [1.54, 1.807) is 0 Å². The van der Waals surface area contributed by atoms with Crippen LogP contribution >= 0.6 is 0 Å². The van der Waals surface area contributed by atoms with Gasteiger partial charge in [0.1, 0.15) is 0 Å². The summed E-state index contributed by atoms with van der Waals surface area (Å²) in [4.78, 5) is 16.8. The van der Waals surface area contributed by atoms with Crippen LogP contribution in [-0.4, -0.2) is 17.7 Å². The van der Waals surface area contributed by atoms with Gasteiger partial charge in [0.25, 0.3) is 0 Å². The minimum Gasteiger partial charge on any atom is -0.302 e. The molecule has 0 atom stereocenters. The van der Waals surface area contributed by atoms with Gasteiger partial charge in [0.05, 0.1) is 11.4 Å². The first-order valence-corrected chi connectivity index (χ1v) is 13.2. The first-order valence-electron chi connectivity index (χ1n) is 13.2. The molecule has 0 unspecified atom stereocenters. The summed E-state index contributed by atoms with van der Waals surface area (Å²) in [5.74, 6) is 1.34. The van der Waals surface area contributed by atoms with Crippen molar-refractivity contribution in [2.45, 2.75) is 47.6 Å². The molecule has 4 aromatic carbocycles. The second kappa shape index (κ2) is 9.31. The molecule has 0 saturated heterocycles. The number of para-hydroxylation sites is 2. The Morgan fingerprint density at radius 3 is 1.18 bits per heavy atom. The Balaban J connectivity index is 1.58. The highest BCUT2D eigenvalue weighted by molar-refractivity contribution is 6.17. The van der Waals surface area contributed by atoms with Crippen molar-refractivity contribution in [2.75, 3.05) is 9.80 Å². The Hall–Kier alpha value is -4.58. The standard InChI is InChI=1S/C33H32N4O2/c1-21-17-23(3)29(24(4)18-21)31-34-38-33(36(31)27-13-9-7-10-14-27)37(28-15-11-8-12-16-28)32(35-39-33)30-25(5)19-22(2)20-26(30)6/h7-20H,1-6H3. The number of hydrogen-bond donors (Lipinski definition) is 0. The average molecular weight is 517 g/mol. The maximum Gasteiger partial charge on any atom is 0.485 e. The summed E-state index contributed by atoms with van der Waals surface area (Å²) in [7, 11) is 0. The van der Waals surface area contributed by atoms with Crippen LogP contribution in [0, 0.1) is 41.5 Å². The van der Waals surface area contributed by atoms with Crippen LogP contribution in [0.15, 0.2) is 95.2 Å². The lowest BCUT2D eigenvalue weighted by atomic mass is 9.97. The number of nitrogens with zero attached hydrogens (tertiary/aromatic N) is 4. The summed E-state index contributed by atoms with van der Waals surface area (Å²) < 4.78 is 0. The second-order valence-electron chi connectivity index (χ2n) is 10.5. The van der Waals surface area contributed by atoms with Crippen LogP contribution in [-0.2, 0) is 9.68 Å². The van der Waals surface area contributed by atoms with Gasteiger partial charge in [-0.2, -0.15) is 0 Å². The molecule has 39 heavy (non-hydrogen) atoms. The molecular formula is C33H32N4O2. The van der Waals surface area contributed by atoms with E-state index in [0.29, 0.717) is 11.7 Å². The van der Waals surface area contributed by atoms with Gasteiger partial charge in [-0.25, -0.2) is 9.80 Å². The number of benzene rings is 4. The largest absolute Gasteiger partial charge is 0.485 e. The quantitative estimate of drug-likeness (QED) is 0.287. The van der Waals surface area contributed by atoms with Crippen LogP contribution in [0.4, 0.5) is 11.4 Å². The van der Waals surface area contributed by atoms with Crippen LogP contribution in [0.2, 0.25) is 0 Å². The van der Waals surface area contributed by atoms with Crippen LogP contribution in [0.1, 0.15) is 44.5 Å². The summed E-state index contributed by atoms with van der Waals surface area (Å²) in [6.45, 7) is 12.7. The molecule has 0 radical (unpaired) electrons.